The molecule has 0 bridgehead atoms. The van der Waals surface area contributed by atoms with Gasteiger partial charge in [0.05, 0.1) is 0 Å². The number of aliphatic hydroxyl groups excluding tert-OH is 1. The van der Waals surface area contributed by atoms with Gasteiger partial charge in [0.1, 0.15) is 22.5 Å². The molecule has 2 atom stereocenters. The maximum absolute atomic E-state index is 12.2. The van der Waals surface area contributed by atoms with Crippen molar-refractivity contribution in [2.45, 2.75) is 113 Å². The monoisotopic (exact) mass is 895 g/mol. The Morgan fingerprint density at radius 2 is 1.58 bits per heavy atom. The van der Waals surface area contributed by atoms with Crippen LogP contribution in [0.5, 0.6) is 0 Å². The molecule has 4 nitrogen and oxygen atoms in total. The van der Waals surface area contributed by atoms with Gasteiger partial charge < -0.3 is 9.84 Å². The van der Waals surface area contributed by atoms with Gasteiger partial charge in [0.25, 0.3) is 0 Å². The number of ketones is 1. The molecule has 2 aromatic carbocycles. The fraction of sp³-hybridized carbons (Fsp3) is 0.435. The molecule has 0 fully saturated rings. The molecular weight excluding hydrogens is 839 g/mol. The summed E-state index contributed by atoms with van der Waals surface area (Å²) in [6.45, 7) is 23.3. The van der Waals surface area contributed by atoms with Crippen LogP contribution in [0.4, 0.5) is 0 Å². The molecule has 0 saturated heterocycles. The number of aromatic nitrogens is 1. The van der Waals surface area contributed by atoms with Gasteiger partial charge in [-0.1, -0.05) is 116 Å². The molecule has 0 spiro atoms. The van der Waals surface area contributed by atoms with Crippen molar-refractivity contribution in [3.8, 4) is 11.3 Å². The Labute approximate surface area is 329 Å². The van der Waals surface area contributed by atoms with E-state index in [2.05, 4.69) is 107 Å². The number of nitrogens with zero attached hydrogens (tertiary/aromatic N) is 1. The summed E-state index contributed by atoms with van der Waals surface area (Å²) in [5, 5.41) is 15.9. The van der Waals surface area contributed by atoms with Gasteiger partial charge in [-0.25, -0.2) is 0 Å². The first-order chi connectivity index (χ1) is 24.1. The predicted molar refractivity (Wildman–Crippen MR) is 217 cm³/mol. The van der Waals surface area contributed by atoms with Crippen LogP contribution < -0.4 is 0 Å². The molecule has 2 aromatic heterocycles. The molecule has 1 N–H and O–H groups in total. The van der Waals surface area contributed by atoms with Gasteiger partial charge in [0.2, 0.25) is 0 Å². The van der Waals surface area contributed by atoms with Crippen LogP contribution in [-0.4, -0.2) is 22.0 Å². The minimum absolute atomic E-state index is 0. The van der Waals surface area contributed by atoms with E-state index in [4.69, 9.17) is 9.72 Å². The Bertz CT molecular complexity index is 2050. The van der Waals surface area contributed by atoms with Crippen molar-refractivity contribution in [2.75, 3.05) is 0 Å². The molecule has 1 aliphatic carbocycles. The molecule has 2 aliphatic rings. The summed E-state index contributed by atoms with van der Waals surface area (Å²) in [6.07, 6.45) is 13.4. The standard InChI is InChI=1S/C31H28NOS.C15H28O2.Ir/c1-18-17-34-30-28(18)24(29-19(2)22-11-8-9-13-27(22)33-29)16-26(32-30)21-14-20-10-6-7-12-23(20)25(15-21)31(3,4)5;1-7-14(5,8-2)12(16)11-13(17)15(6,9-3)10-4;/h6-13,15-17,22,27H,1-5H3;11,16H,7-10H2,1-6H3;/q-1;;/b;12-11-;. The van der Waals surface area contributed by atoms with Crippen LogP contribution in [0.2, 0.25) is 0 Å². The number of aliphatic hydroxyl groups is 1. The molecule has 6 heteroatoms. The number of hydrogen-bond donors (Lipinski definition) is 1. The maximum Gasteiger partial charge on any atom is 0.164 e. The Kier molecular flexibility index (Phi) is 13.0. The predicted octanol–water partition coefficient (Wildman–Crippen LogP) is 13.0. The molecule has 1 radical (unpaired) electrons. The zero-order valence-corrected chi connectivity index (χ0v) is 36.1. The largest absolute Gasteiger partial charge is 0.512 e. The molecule has 3 heterocycles. The summed E-state index contributed by atoms with van der Waals surface area (Å²) in [5.74, 6) is 1.58. The van der Waals surface area contributed by atoms with Crippen LogP contribution >= 0.6 is 11.3 Å². The van der Waals surface area contributed by atoms with Gasteiger partial charge in [0, 0.05) is 59.6 Å². The van der Waals surface area contributed by atoms with E-state index < -0.39 is 0 Å². The number of hydrogen-bond acceptors (Lipinski definition) is 5. The average molecular weight is 895 g/mol. The molecule has 1 aliphatic heterocycles. The smallest absolute Gasteiger partial charge is 0.164 e. The zero-order chi connectivity index (χ0) is 37.3. The van der Waals surface area contributed by atoms with Gasteiger partial charge in [0.15, 0.2) is 5.78 Å². The van der Waals surface area contributed by atoms with Gasteiger partial charge in [-0.05, 0) is 67.5 Å². The van der Waals surface area contributed by atoms with Crippen molar-refractivity contribution in [2.24, 2.45) is 16.7 Å². The van der Waals surface area contributed by atoms with Crippen LogP contribution in [0.1, 0.15) is 112 Å². The zero-order valence-electron chi connectivity index (χ0n) is 32.9. The third kappa shape index (κ3) is 8.10. The third-order valence-corrected chi connectivity index (χ3v) is 12.6. The van der Waals surface area contributed by atoms with Crippen molar-refractivity contribution in [1.29, 1.82) is 0 Å². The minimum Gasteiger partial charge on any atom is -0.512 e. The van der Waals surface area contributed by atoms with E-state index in [9.17, 15) is 9.90 Å². The first-order valence-electron chi connectivity index (χ1n) is 18.6. The van der Waals surface area contributed by atoms with Gasteiger partial charge in [-0.3, -0.25) is 9.78 Å². The number of allylic oxidation sites excluding steroid dienone is 4. The number of aryl methyl sites for hydroxylation is 1. The number of thiophene rings is 1. The fourth-order valence-electron chi connectivity index (χ4n) is 6.93. The van der Waals surface area contributed by atoms with Gasteiger partial charge >= 0.3 is 0 Å². The van der Waals surface area contributed by atoms with Crippen molar-refractivity contribution in [3.63, 3.8) is 0 Å². The van der Waals surface area contributed by atoms with E-state index in [1.54, 1.807) is 11.3 Å². The van der Waals surface area contributed by atoms with Crippen LogP contribution in [0.3, 0.4) is 0 Å². The molecule has 2 unspecified atom stereocenters. The Hall–Kier alpha value is -3.31. The average Bonchev–Trinajstić information content (AvgIpc) is 3.68. The Morgan fingerprint density at radius 1 is 0.942 bits per heavy atom. The fourth-order valence-corrected chi connectivity index (χ4v) is 7.87. The maximum atomic E-state index is 12.2. The number of rotatable bonds is 9. The summed E-state index contributed by atoms with van der Waals surface area (Å²) in [4.78, 5) is 18.4. The first-order valence-corrected chi connectivity index (χ1v) is 19.5. The Balaban J connectivity index is 0.000000289. The number of fused-ring (bicyclic) bond motifs is 3. The molecule has 0 amide bonds. The number of carbonyl (C=O) groups is 1. The summed E-state index contributed by atoms with van der Waals surface area (Å²) >= 11 is 1.70. The number of ether oxygens (including phenoxy) is 1. The SMILES string of the molecule is CC1=C(c2cc(-c3[c-]c4ccccc4c(C(C)(C)C)c3)nc3scc(C)c23)OC2C=CC=CC12.CCC(C)(CC)C(=O)/C=C(\O)C(C)(CC)CC.[Ir]. The Morgan fingerprint density at radius 3 is 2.19 bits per heavy atom. The quantitative estimate of drug-likeness (QED) is 0.103. The van der Waals surface area contributed by atoms with Crippen LogP contribution in [0.25, 0.3) is 38.0 Å². The summed E-state index contributed by atoms with van der Waals surface area (Å²) in [5.41, 5.74) is 6.38. The number of pyridine rings is 1. The third-order valence-electron chi connectivity index (χ3n) is 11.6. The first kappa shape index (κ1) is 41.4. The molecule has 0 saturated carbocycles. The van der Waals surface area contributed by atoms with E-state index in [0.717, 1.165) is 58.5 Å². The normalized spacial score (nSPS) is 17.5. The van der Waals surface area contributed by atoms with E-state index in [-0.39, 0.29) is 54.0 Å². The second-order valence-corrected chi connectivity index (χ2v) is 16.7. The van der Waals surface area contributed by atoms with E-state index in [0.29, 0.717) is 5.92 Å². The van der Waals surface area contributed by atoms with Gasteiger partial charge in [-0.2, -0.15) is 0 Å². The van der Waals surface area contributed by atoms with Gasteiger partial charge in [-0.15, -0.1) is 40.5 Å². The summed E-state index contributed by atoms with van der Waals surface area (Å²) in [7, 11) is 0. The molecule has 6 rings (SSSR count). The summed E-state index contributed by atoms with van der Waals surface area (Å²) < 4.78 is 6.54. The minimum atomic E-state index is -0.337. The second-order valence-electron chi connectivity index (χ2n) is 15.9. The van der Waals surface area contributed by atoms with Crippen molar-refractivity contribution >= 4 is 43.9 Å². The van der Waals surface area contributed by atoms with Crippen molar-refractivity contribution < 1.29 is 34.7 Å². The van der Waals surface area contributed by atoms with E-state index in [1.165, 1.54) is 33.5 Å². The molecule has 52 heavy (non-hydrogen) atoms. The van der Waals surface area contributed by atoms with Crippen LogP contribution in [-0.2, 0) is 35.1 Å². The van der Waals surface area contributed by atoms with Crippen LogP contribution in [0, 0.1) is 29.7 Å². The topological polar surface area (TPSA) is 59.4 Å². The van der Waals surface area contributed by atoms with E-state index >= 15 is 0 Å². The van der Waals surface area contributed by atoms with Crippen molar-refractivity contribution in [3.05, 3.63) is 106 Å². The second kappa shape index (κ2) is 16.4. The molecule has 279 valence electrons. The summed E-state index contributed by atoms with van der Waals surface area (Å²) in [6, 6.07) is 16.7. The number of carbonyl (C=O) groups excluding carboxylic acids is 1. The van der Waals surface area contributed by atoms with E-state index in [1.807, 2.05) is 41.5 Å². The van der Waals surface area contributed by atoms with Crippen molar-refractivity contribution in [1.82, 2.24) is 4.98 Å². The van der Waals surface area contributed by atoms with Crippen LogP contribution in [0.15, 0.2) is 83.5 Å². The molecular formula is C46H56IrNO3S-. The molecule has 4 aromatic rings. The number of benzene rings is 2.